The van der Waals surface area contributed by atoms with E-state index in [1.54, 1.807) is 31.3 Å². The third-order valence-corrected chi connectivity index (χ3v) is 9.84. The van der Waals surface area contributed by atoms with Gasteiger partial charge in [-0.05, 0) is 66.9 Å². The zero-order chi connectivity index (χ0) is 33.4. The molecule has 254 valence electrons. The number of carbonyl (C=O) groups is 1. The van der Waals surface area contributed by atoms with Gasteiger partial charge < -0.3 is 39.3 Å². The number of allylic oxidation sites excluding steroid dienone is 1. The van der Waals surface area contributed by atoms with Gasteiger partial charge in [0, 0.05) is 38.2 Å². The number of phenolic OH excluding ortho intramolecular Hbond substituents is 1. The Morgan fingerprint density at radius 2 is 1.85 bits per heavy atom. The fraction of sp³-hybridized carbons (Fsp3) is 0.514. The van der Waals surface area contributed by atoms with Crippen molar-refractivity contribution in [3.8, 4) is 11.5 Å². The fourth-order valence-electron chi connectivity index (χ4n) is 7.77. The van der Waals surface area contributed by atoms with E-state index in [-0.39, 0.29) is 56.4 Å². The Morgan fingerprint density at radius 3 is 2.55 bits per heavy atom. The van der Waals surface area contributed by atoms with Gasteiger partial charge in [-0.1, -0.05) is 60.5 Å². The van der Waals surface area contributed by atoms with Crippen LogP contribution in [0.15, 0.2) is 78.0 Å². The predicted octanol–water partition coefficient (Wildman–Crippen LogP) is 5.92. The lowest BCUT2D eigenvalue weighted by atomic mass is 9.55. The van der Waals surface area contributed by atoms with Gasteiger partial charge in [-0.25, -0.2) is 4.79 Å². The second-order valence-corrected chi connectivity index (χ2v) is 12.6. The molecule has 1 aliphatic heterocycles. The van der Waals surface area contributed by atoms with Crippen molar-refractivity contribution in [2.24, 2.45) is 22.9 Å². The minimum Gasteiger partial charge on any atom is -0.508 e. The summed E-state index contributed by atoms with van der Waals surface area (Å²) in [5.41, 5.74) is 3.47. The number of oxime groups is 1. The smallest absolute Gasteiger partial charge is 0.409 e. The highest BCUT2D eigenvalue weighted by atomic mass is 16.7. The molecule has 2 aliphatic carbocycles. The molecule has 5 rings (SSSR count). The number of rotatable bonds is 15. The molecule has 0 spiro atoms. The van der Waals surface area contributed by atoms with Crippen LogP contribution < -0.4 is 4.74 Å². The van der Waals surface area contributed by atoms with Crippen molar-refractivity contribution in [3.05, 3.63) is 84.0 Å². The second-order valence-electron chi connectivity index (χ2n) is 12.6. The van der Waals surface area contributed by atoms with Crippen molar-refractivity contribution in [1.29, 1.82) is 0 Å². The molecule has 3 N–H and O–H groups in total. The van der Waals surface area contributed by atoms with Crippen molar-refractivity contribution >= 4 is 11.8 Å². The molecule has 0 radical (unpaired) electrons. The summed E-state index contributed by atoms with van der Waals surface area (Å²) in [4.78, 5) is 20.7. The highest BCUT2D eigenvalue weighted by Crippen LogP contribution is 2.61. The van der Waals surface area contributed by atoms with Crippen molar-refractivity contribution in [1.82, 2.24) is 4.90 Å². The molecule has 0 bridgehead atoms. The average molecular weight is 649 g/mol. The predicted molar refractivity (Wildman–Crippen MR) is 178 cm³/mol. The molecule has 10 nitrogen and oxygen atoms in total. The van der Waals surface area contributed by atoms with E-state index in [1.807, 2.05) is 30.3 Å². The highest BCUT2D eigenvalue weighted by Gasteiger charge is 2.65. The Morgan fingerprint density at radius 1 is 1.11 bits per heavy atom. The molecule has 10 heteroatoms. The first-order chi connectivity index (χ1) is 22.9. The number of aromatic hydroxyl groups is 1. The van der Waals surface area contributed by atoms with Crippen LogP contribution in [0.2, 0.25) is 0 Å². The van der Waals surface area contributed by atoms with E-state index in [1.165, 1.54) is 12.0 Å². The maximum absolute atomic E-state index is 13.2. The topological polar surface area (TPSA) is 130 Å². The van der Waals surface area contributed by atoms with Crippen LogP contribution in [-0.2, 0) is 20.9 Å². The molecule has 6 atom stereocenters. The van der Waals surface area contributed by atoms with Crippen LogP contribution in [0.4, 0.5) is 4.79 Å². The second kappa shape index (κ2) is 15.8. The zero-order valence-electron chi connectivity index (χ0n) is 27.4. The van der Waals surface area contributed by atoms with Crippen LogP contribution in [0.3, 0.4) is 0 Å². The van der Waals surface area contributed by atoms with E-state index in [9.17, 15) is 20.1 Å². The zero-order valence-corrected chi connectivity index (χ0v) is 27.4. The summed E-state index contributed by atoms with van der Waals surface area (Å²) in [6.45, 7) is 4.58. The van der Waals surface area contributed by atoms with Crippen molar-refractivity contribution in [2.75, 3.05) is 34.0 Å². The summed E-state index contributed by atoms with van der Waals surface area (Å²) in [5, 5.41) is 34.8. The van der Waals surface area contributed by atoms with Gasteiger partial charge in [-0.3, -0.25) is 0 Å². The lowest BCUT2D eigenvalue weighted by Gasteiger charge is -2.59. The van der Waals surface area contributed by atoms with Gasteiger partial charge in [0.05, 0.1) is 25.3 Å². The van der Waals surface area contributed by atoms with Crippen LogP contribution in [0, 0.1) is 17.8 Å². The molecule has 2 aromatic carbocycles. The number of unbranched alkanes of at least 4 members (excludes halogenated alkanes) is 2. The highest BCUT2D eigenvalue weighted by molar-refractivity contribution is 6.02. The molecule has 1 heterocycles. The van der Waals surface area contributed by atoms with E-state index in [0.29, 0.717) is 24.3 Å². The molecular weight excluding hydrogens is 600 g/mol. The van der Waals surface area contributed by atoms with Crippen LogP contribution in [0.1, 0.15) is 62.0 Å². The van der Waals surface area contributed by atoms with Gasteiger partial charge in [0.15, 0.2) is 0 Å². The number of hydrogen-bond acceptors (Lipinski definition) is 9. The molecule has 3 aliphatic rings. The summed E-state index contributed by atoms with van der Waals surface area (Å²) >= 11 is 0. The monoisotopic (exact) mass is 648 g/mol. The molecule has 0 unspecified atom stereocenters. The molecule has 0 aromatic heterocycles. The van der Waals surface area contributed by atoms with Crippen LogP contribution in [0.5, 0.6) is 11.5 Å². The van der Waals surface area contributed by atoms with E-state index < -0.39 is 23.8 Å². The number of aliphatic hydroxyl groups excluding tert-OH is 2. The summed E-state index contributed by atoms with van der Waals surface area (Å²) < 4.78 is 18.9. The molecule has 2 aromatic rings. The number of hydrogen-bond donors (Lipinski definition) is 3. The van der Waals surface area contributed by atoms with E-state index in [2.05, 4.69) is 12.7 Å². The molecular formula is C37H48N2O8. The number of nitrogens with zero attached hydrogens (tertiary/aromatic N) is 2. The number of phenols is 1. The lowest BCUT2D eigenvalue weighted by Crippen LogP contribution is -2.69. The Labute approximate surface area is 277 Å². The largest absolute Gasteiger partial charge is 0.508 e. The fourth-order valence-corrected chi connectivity index (χ4v) is 7.77. The first-order valence-corrected chi connectivity index (χ1v) is 16.6. The van der Waals surface area contributed by atoms with Gasteiger partial charge in [0.1, 0.15) is 24.1 Å². The first kappa shape index (κ1) is 34.5. The van der Waals surface area contributed by atoms with Gasteiger partial charge in [-0.15, -0.1) is 6.58 Å². The van der Waals surface area contributed by atoms with E-state index in [0.717, 1.165) is 42.4 Å². The summed E-state index contributed by atoms with van der Waals surface area (Å²) in [6, 6.07) is 14.3. The third-order valence-electron chi connectivity index (χ3n) is 9.84. The van der Waals surface area contributed by atoms with E-state index in [4.69, 9.17) is 24.2 Å². The van der Waals surface area contributed by atoms with Crippen molar-refractivity contribution < 1.29 is 39.2 Å². The van der Waals surface area contributed by atoms with Gasteiger partial charge in [0.25, 0.3) is 0 Å². The average Bonchev–Trinajstić information content (AvgIpc) is 3.09. The molecule has 0 saturated heterocycles. The SMILES string of the molecule is C=CCO[C@@]12Oc3ccc(O)cc3[C@H]3[C@H](CCCCO)[C@@H](CCCCO)C=C(C(=NOCc4ccccc4)C[C@@H]1N(C)C(=O)OC)[C@H]32. The first-order valence-electron chi connectivity index (χ1n) is 16.6. The lowest BCUT2D eigenvalue weighted by molar-refractivity contribution is -0.253. The summed E-state index contributed by atoms with van der Waals surface area (Å²) in [5.74, 6) is -1.07. The van der Waals surface area contributed by atoms with Gasteiger partial charge >= 0.3 is 6.09 Å². The Hall–Kier alpha value is -3.86. The number of ether oxygens (including phenoxy) is 3. The number of carbonyl (C=O) groups excluding carboxylic acids is 1. The number of aliphatic hydroxyl groups is 2. The van der Waals surface area contributed by atoms with Crippen LogP contribution in [-0.4, -0.2) is 77.8 Å². The van der Waals surface area contributed by atoms with E-state index >= 15 is 0 Å². The minimum atomic E-state index is -1.35. The Balaban J connectivity index is 1.71. The third kappa shape index (κ3) is 7.20. The summed E-state index contributed by atoms with van der Waals surface area (Å²) in [6.07, 6.45) is 8.36. The maximum atomic E-state index is 13.2. The minimum absolute atomic E-state index is 0.0822. The number of fused-ring (bicyclic) bond motifs is 2. The molecule has 1 fully saturated rings. The van der Waals surface area contributed by atoms with Gasteiger partial charge in [0.2, 0.25) is 5.79 Å². The summed E-state index contributed by atoms with van der Waals surface area (Å²) in [7, 11) is 3.02. The Bertz CT molecular complexity index is 1430. The van der Waals surface area contributed by atoms with Gasteiger partial charge in [-0.2, -0.15) is 0 Å². The van der Waals surface area contributed by atoms with Crippen molar-refractivity contribution in [2.45, 2.75) is 69.3 Å². The normalized spacial score (nSPS) is 26.8. The van der Waals surface area contributed by atoms with Crippen LogP contribution in [0.25, 0.3) is 0 Å². The molecule has 1 saturated carbocycles. The molecule has 47 heavy (non-hydrogen) atoms. The van der Waals surface area contributed by atoms with Crippen LogP contribution >= 0.6 is 0 Å². The standard InChI is InChI=1S/C37H48N2O8/c1-4-20-45-37-33(39(2)36(43)44-3)23-31(38-46-24-25-12-6-5-7-13-25)29-21-26(14-8-10-18-40)28(15-9-11-19-41)34(35(29)37)30-22-27(42)16-17-32(30)47-37/h4-7,12-13,16-17,21-22,26,28,33-35,40-42H,1,8-11,14-15,18-20,23-24H2,2-3H3/t26-,28+,33-,34+,35+,37+/m0/s1. The van der Waals surface area contributed by atoms with Crippen molar-refractivity contribution in [3.63, 3.8) is 0 Å². The number of methoxy groups -OCH3 is 1. The maximum Gasteiger partial charge on any atom is 0.409 e. The quantitative estimate of drug-likeness (QED) is 0.123. The number of likely N-dealkylation sites (N-methyl/N-ethyl adjacent to an activating group) is 1. The number of benzene rings is 2. The molecule has 1 amide bonds. The Kier molecular flexibility index (Phi) is 11.6. The number of amides is 1.